The lowest BCUT2D eigenvalue weighted by Gasteiger charge is -2.35. The summed E-state index contributed by atoms with van der Waals surface area (Å²) in [6.07, 6.45) is 2.43. The summed E-state index contributed by atoms with van der Waals surface area (Å²) in [5, 5.41) is 47.5. The molecule has 2 aromatic heterocycles. The Morgan fingerprint density at radius 3 is 1.75 bits per heavy atom. The molecule has 3 fully saturated rings. The van der Waals surface area contributed by atoms with E-state index < -0.39 is 156 Å². The molecule has 10 rings (SSSR count). The number of H-pyrrole nitrogens is 2. The summed E-state index contributed by atoms with van der Waals surface area (Å²) in [6, 6.07) is 18.0. The molecule has 0 unspecified atom stereocenters. The van der Waals surface area contributed by atoms with Crippen molar-refractivity contribution in [3.8, 4) is 11.5 Å². The number of phenolic OH excluding ortho intramolecular Hbond substituents is 2. The molecule has 13 amide bonds. The fourth-order valence-corrected chi connectivity index (χ4v) is 15.3. The van der Waals surface area contributed by atoms with Crippen LogP contribution in [-0.4, -0.2) is 209 Å². The minimum Gasteiger partial charge on any atom is -0.508 e. The number of aromatic amines is 2. The van der Waals surface area contributed by atoms with Crippen LogP contribution in [-0.2, 0) is 101 Å². The number of nitrogens with zero attached hydrogens (tertiary/aromatic N) is 2. The van der Waals surface area contributed by atoms with Gasteiger partial charge in [0.2, 0.25) is 76.8 Å². The molecule has 3 saturated heterocycles. The fourth-order valence-electron chi connectivity index (χ4n) is 12.1. The summed E-state index contributed by atoms with van der Waals surface area (Å²) >= 11 is 0.942. The smallest absolute Gasteiger partial charge is 0.244 e. The van der Waals surface area contributed by atoms with E-state index in [1.807, 2.05) is 0 Å². The monoisotopic (exact) mass is 1550 g/mol. The number of aromatic hydroxyl groups is 2. The molecule has 109 heavy (non-hydrogen) atoms. The Kier molecular flexibility index (Phi) is 29.5. The standard InChI is InChI=1S/C74H87N17O15S3/c1-40-34-91-61(29-46-32-79-52-16-10-9-15-50(46)52)74(106)87-57(31-62(76)94)67(99)82-41(2)65(97)84-54(27-42-11-5-3-6-12-42)68(100)90-60(72(104)83-53(64(77)96)26-45-19-23-49(93)24-20-45)37-109-108-36-59(88-66(98)51(75)25-44-17-21-48(92)22-18-44)73(105)86-56(30-47-33-78-39-80-47)70(102)85-55(28-43-13-7-4-8-14-43)69(101)89-58(71(103)81-40)35-107-38-63(91)95/h3-24,32-33,39-41,51,53-61,79,92-93H,25-31,34-38,75H2,1-2H3,(H2,76,94)(H2,77,96)(H,78,80)(H,81,103)(H,82,99)(H,83,104)(H,84,97)(H,85,102)(H,86,105)(H,87,106)(H,88,98)(H,89,101)(H,90,100)/t40-,41-,51-,53-,54-,55+,56-,57-,58+,59-,60-,61-/m0/s1. The number of para-hydroxylation sites is 1. The molecule has 5 aromatic carbocycles. The Hall–Kier alpha value is -11.4. The zero-order chi connectivity index (χ0) is 78.3. The largest absolute Gasteiger partial charge is 0.508 e. The van der Waals surface area contributed by atoms with E-state index in [1.54, 1.807) is 110 Å². The highest BCUT2D eigenvalue weighted by Crippen LogP contribution is 2.26. The number of benzene rings is 5. The Bertz CT molecular complexity index is 4370. The number of phenols is 2. The number of nitrogens with two attached hydrogens (primary N) is 3. The Morgan fingerprint density at radius 2 is 1.13 bits per heavy atom. The van der Waals surface area contributed by atoms with E-state index in [0.717, 1.165) is 33.3 Å². The van der Waals surface area contributed by atoms with Crippen LogP contribution in [0.5, 0.6) is 11.5 Å². The summed E-state index contributed by atoms with van der Waals surface area (Å²) < 4.78 is 0. The molecular formula is C74H87N17O15S3. The first-order valence-corrected chi connectivity index (χ1v) is 38.5. The number of hydrogen-bond donors (Lipinski definition) is 17. The van der Waals surface area contributed by atoms with Crippen molar-refractivity contribution >= 4 is 121 Å². The molecule has 5 heterocycles. The van der Waals surface area contributed by atoms with Gasteiger partial charge in [0.05, 0.1) is 24.5 Å². The van der Waals surface area contributed by atoms with Gasteiger partial charge in [0.25, 0.3) is 0 Å². The summed E-state index contributed by atoms with van der Waals surface area (Å²) in [5.74, 6) is -13.4. The predicted octanol–water partition coefficient (Wildman–Crippen LogP) is -1.03. The van der Waals surface area contributed by atoms with Gasteiger partial charge in [-0.25, -0.2) is 4.98 Å². The number of hydrogen-bond acceptors (Lipinski definition) is 20. The van der Waals surface area contributed by atoms with Crippen LogP contribution in [0.3, 0.4) is 0 Å². The number of carbonyl (C=O) groups excluding carboxylic acids is 13. The van der Waals surface area contributed by atoms with Crippen molar-refractivity contribution in [1.29, 1.82) is 0 Å². The van der Waals surface area contributed by atoms with Gasteiger partial charge in [-0.2, -0.15) is 0 Å². The van der Waals surface area contributed by atoms with Crippen LogP contribution < -0.4 is 70.4 Å². The fraction of sp³-hybridized carbons (Fsp3) is 0.351. The molecule has 20 N–H and O–H groups in total. The SMILES string of the molecule is C[C@@H]1NC(=O)[C@H](CC(N)=O)NC(=O)[C@H](Cc2c[nH]c3ccccc23)N2C[C@H](C)NC(=O)[C@@H](CSCC2=O)NC(=O)[C@@H](Cc2ccccc2)NC(=O)[C@H](Cc2cnc[nH]2)NC(=O)[C@@H](NC(=O)[C@@H](N)Cc2ccc(O)cc2)CSSC[C@@H](C(=O)N[C@@H](Cc2ccc(O)cc2)C(N)=O)NC(=O)[C@H](Cc2ccccc2)NC1=O. The zero-order valence-electron chi connectivity index (χ0n) is 59.4. The summed E-state index contributed by atoms with van der Waals surface area (Å²) in [5.41, 5.74) is 21.7. The van der Waals surface area contributed by atoms with Gasteiger partial charge in [0.1, 0.15) is 71.9 Å². The van der Waals surface area contributed by atoms with E-state index in [1.165, 1.54) is 60.7 Å². The molecule has 7 aromatic rings. The minimum absolute atomic E-state index is 0.0478. The number of aromatic nitrogens is 3. The average molecular weight is 1550 g/mol. The van der Waals surface area contributed by atoms with Crippen molar-refractivity contribution in [3.63, 3.8) is 0 Å². The lowest BCUT2D eigenvalue weighted by atomic mass is 10.0. The number of rotatable bonds is 19. The molecule has 2 bridgehead atoms. The number of nitrogens with one attached hydrogen (secondary N) is 12. The van der Waals surface area contributed by atoms with Crippen molar-refractivity contribution < 1.29 is 72.5 Å². The summed E-state index contributed by atoms with van der Waals surface area (Å²) in [7, 11) is 1.81. The first-order chi connectivity index (χ1) is 52.2. The Labute approximate surface area is 638 Å². The lowest BCUT2D eigenvalue weighted by molar-refractivity contribution is -0.141. The van der Waals surface area contributed by atoms with E-state index in [4.69, 9.17) is 17.2 Å². The third-order valence-corrected chi connectivity index (χ3v) is 21.3. The molecule has 0 saturated carbocycles. The molecule has 12 atom stereocenters. The summed E-state index contributed by atoms with van der Waals surface area (Å²) in [6.45, 7) is 2.48. The van der Waals surface area contributed by atoms with Crippen LogP contribution in [0.2, 0.25) is 0 Å². The average Bonchev–Trinajstić information content (AvgIpc) is 1.73. The highest BCUT2D eigenvalue weighted by Gasteiger charge is 2.40. The molecule has 3 aliphatic heterocycles. The van der Waals surface area contributed by atoms with Crippen molar-refractivity contribution in [3.05, 3.63) is 186 Å². The van der Waals surface area contributed by atoms with Gasteiger partial charge in [-0.05, 0) is 78.4 Å². The number of carbonyl (C=O) groups is 13. The second-order valence-corrected chi connectivity index (χ2v) is 30.0. The molecule has 35 heteroatoms. The minimum atomic E-state index is -1.80. The van der Waals surface area contributed by atoms with Crippen LogP contribution in [0, 0.1) is 0 Å². The zero-order valence-corrected chi connectivity index (χ0v) is 61.8. The summed E-state index contributed by atoms with van der Waals surface area (Å²) in [4.78, 5) is 200. The van der Waals surface area contributed by atoms with Crippen LogP contribution in [0.15, 0.2) is 152 Å². The van der Waals surface area contributed by atoms with Crippen LogP contribution in [0.25, 0.3) is 10.9 Å². The molecule has 32 nitrogen and oxygen atoms in total. The molecule has 576 valence electrons. The normalized spacial score (nSPS) is 22.8. The quantitative estimate of drug-likeness (QED) is 0.0340. The Morgan fingerprint density at radius 1 is 0.569 bits per heavy atom. The topological polar surface area (TPSA) is 508 Å². The van der Waals surface area contributed by atoms with E-state index in [9.17, 15) is 53.4 Å². The van der Waals surface area contributed by atoms with Gasteiger partial charge in [0.15, 0.2) is 0 Å². The molecule has 0 spiro atoms. The van der Waals surface area contributed by atoms with Gasteiger partial charge in [-0.3, -0.25) is 62.3 Å². The maximum absolute atomic E-state index is 15.2. The first kappa shape index (κ1) is 81.6. The van der Waals surface area contributed by atoms with E-state index in [0.29, 0.717) is 44.4 Å². The van der Waals surface area contributed by atoms with E-state index in [2.05, 4.69) is 68.1 Å². The van der Waals surface area contributed by atoms with Crippen molar-refractivity contribution in [2.45, 2.75) is 131 Å². The van der Waals surface area contributed by atoms with E-state index >= 15 is 19.2 Å². The number of imidazole rings is 1. The molecule has 0 aliphatic carbocycles. The van der Waals surface area contributed by atoms with Gasteiger partial charge >= 0.3 is 0 Å². The molecular weight excluding hydrogens is 1460 g/mol. The van der Waals surface area contributed by atoms with Gasteiger partial charge in [-0.1, -0.05) is 125 Å². The van der Waals surface area contributed by atoms with Crippen LogP contribution in [0.1, 0.15) is 53.8 Å². The second kappa shape index (κ2) is 39.4. The predicted molar refractivity (Wildman–Crippen MR) is 408 cm³/mol. The van der Waals surface area contributed by atoms with Crippen LogP contribution in [0.4, 0.5) is 0 Å². The maximum atomic E-state index is 15.2. The third kappa shape index (κ3) is 24.3. The second-order valence-electron chi connectivity index (χ2n) is 26.4. The van der Waals surface area contributed by atoms with Gasteiger partial charge < -0.3 is 95.4 Å². The van der Waals surface area contributed by atoms with Gasteiger partial charge in [-0.15, -0.1) is 11.8 Å². The Balaban J connectivity index is 1.10. The van der Waals surface area contributed by atoms with Crippen LogP contribution >= 0.6 is 33.3 Å². The number of amides is 13. The molecule has 3 aliphatic rings. The number of fused-ring (bicyclic) bond motifs is 32. The highest BCUT2D eigenvalue weighted by molar-refractivity contribution is 8.76. The maximum Gasteiger partial charge on any atom is 0.244 e. The van der Waals surface area contributed by atoms with Crippen molar-refractivity contribution in [2.75, 3.05) is 29.6 Å². The number of primary amides is 2. The highest BCUT2D eigenvalue weighted by atomic mass is 33.1. The van der Waals surface area contributed by atoms with Gasteiger partial charge in [0, 0.05) is 90.9 Å². The molecule has 0 radical (unpaired) electrons. The lowest BCUT2D eigenvalue weighted by Crippen LogP contribution is -2.62. The van der Waals surface area contributed by atoms with E-state index in [-0.39, 0.29) is 79.6 Å². The third-order valence-electron chi connectivity index (χ3n) is 17.9. The van der Waals surface area contributed by atoms with Crippen molar-refractivity contribution in [1.82, 2.24) is 73.0 Å². The number of thioether (sulfide) groups is 1. The first-order valence-electron chi connectivity index (χ1n) is 34.9. The van der Waals surface area contributed by atoms with Crippen molar-refractivity contribution in [2.24, 2.45) is 17.2 Å².